The Hall–Kier alpha value is -2.12. The topological polar surface area (TPSA) is 92.4 Å². The average molecular weight is 305 g/mol. The predicted molar refractivity (Wildman–Crippen MR) is 79.8 cm³/mol. The average Bonchev–Trinajstić information content (AvgIpc) is 2.42. The van der Waals surface area contributed by atoms with Crippen molar-refractivity contribution in [1.29, 1.82) is 0 Å². The molecule has 0 amide bonds. The number of hydrogen-bond donors (Lipinski definition) is 4. The number of H-pyrrole nitrogens is 2. The first kappa shape index (κ1) is 13.8. The van der Waals surface area contributed by atoms with Crippen molar-refractivity contribution in [3.05, 3.63) is 50.1 Å². The summed E-state index contributed by atoms with van der Waals surface area (Å²) >= 11 is 4.97. The Labute approximate surface area is 125 Å². The van der Waals surface area contributed by atoms with Gasteiger partial charge in [0.15, 0.2) is 4.77 Å². The van der Waals surface area contributed by atoms with E-state index in [0.29, 0.717) is 29.8 Å². The van der Waals surface area contributed by atoms with E-state index in [4.69, 9.17) is 12.2 Å². The Kier molecular flexibility index (Phi) is 3.52. The molecule has 0 saturated carbocycles. The van der Waals surface area contributed by atoms with Gasteiger partial charge in [-0.15, -0.1) is 0 Å². The monoisotopic (exact) mass is 305 g/mol. The van der Waals surface area contributed by atoms with E-state index in [0.717, 1.165) is 17.8 Å². The van der Waals surface area contributed by atoms with Gasteiger partial charge in [0, 0.05) is 43.4 Å². The van der Waals surface area contributed by atoms with Crippen molar-refractivity contribution in [2.75, 3.05) is 6.54 Å². The number of phenolic OH excluding ortho intramolecular Hbond substituents is 2. The van der Waals surface area contributed by atoms with Crippen LogP contribution in [0.4, 0.5) is 0 Å². The van der Waals surface area contributed by atoms with Crippen LogP contribution >= 0.6 is 12.2 Å². The standard InChI is InChI=1S/C14H15N3O3S/c18-9-2-1-8(12(19)5-9)6-17-4-3-11-10(7-17)13(20)16-14(21)15-11/h1-2,5,18-19H,3-4,6-7H2,(H2,15,16,20,21). The van der Waals surface area contributed by atoms with Crippen LogP contribution in [0.1, 0.15) is 16.8 Å². The van der Waals surface area contributed by atoms with Crippen molar-refractivity contribution >= 4 is 12.2 Å². The third-order valence-corrected chi connectivity index (χ3v) is 3.86. The van der Waals surface area contributed by atoms with Crippen molar-refractivity contribution < 1.29 is 10.2 Å². The van der Waals surface area contributed by atoms with E-state index in [2.05, 4.69) is 14.9 Å². The van der Waals surface area contributed by atoms with Gasteiger partial charge in [-0.3, -0.25) is 14.7 Å². The van der Waals surface area contributed by atoms with Gasteiger partial charge in [0.2, 0.25) is 0 Å². The molecular formula is C14H15N3O3S. The van der Waals surface area contributed by atoms with Crippen molar-refractivity contribution in [3.63, 3.8) is 0 Å². The van der Waals surface area contributed by atoms with E-state index in [-0.39, 0.29) is 17.1 Å². The number of aromatic amines is 2. The summed E-state index contributed by atoms with van der Waals surface area (Å²) in [5.74, 6) is 0.0893. The van der Waals surface area contributed by atoms with Crippen LogP contribution in [-0.2, 0) is 19.5 Å². The molecular weight excluding hydrogens is 290 g/mol. The Balaban J connectivity index is 1.83. The summed E-state index contributed by atoms with van der Waals surface area (Å²) in [7, 11) is 0. The molecule has 7 heteroatoms. The highest BCUT2D eigenvalue weighted by atomic mass is 32.1. The number of phenols is 2. The zero-order valence-corrected chi connectivity index (χ0v) is 12.0. The number of hydrogen-bond acceptors (Lipinski definition) is 5. The van der Waals surface area contributed by atoms with E-state index in [1.807, 2.05) is 0 Å². The molecule has 0 radical (unpaired) electrons. The molecule has 0 bridgehead atoms. The first-order valence-electron chi connectivity index (χ1n) is 6.60. The lowest BCUT2D eigenvalue weighted by Crippen LogP contribution is -2.35. The quantitative estimate of drug-likeness (QED) is 0.630. The van der Waals surface area contributed by atoms with Crippen LogP contribution in [0.3, 0.4) is 0 Å². The molecule has 1 aliphatic heterocycles. The normalized spacial score (nSPS) is 14.9. The van der Waals surface area contributed by atoms with Crippen molar-refractivity contribution in [2.24, 2.45) is 0 Å². The molecule has 4 N–H and O–H groups in total. The molecule has 0 fully saturated rings. The summed E-state index contributed by atoms with van der Waals surface area (Å²) in [6.07, 6.45) is 0.710. The number of fused-ring (bicyclic) bond motifs is 1. The van der Waals surface area contributed by atoms with E-state index < -0.39 is 0 Å². The maximum atomic E-state index is 11.9. The number of aromatic nitrogens is 2. The third kappa shape index (κ3) is 2.84. The summed E-state index contributed by atoms with van der Waals surface area (Å²) in [4.78, 5) is 19.6. The highest BCUT2D eigenvalue weighted by molar-refractivity contribution is 7.71. The van der Waals surface area contributed by atoms with Crippen LogP contribution < -0.4 is 5.56 Å². The molecule has 0 saturated heterocycles. The van der Waals surface area contributed by atoms with Crippen LogP contribution in [-0.4, -0.2) is 31.6 Å². The largest absolute Gasteiger partial charge is 0.508 e. The number of nitrogens with zero attached hydrogens (tertiary/aromatic N) is 1. The van der Waals surface area contributed by atoms with E-state index in [1.54, 1.807) is 6.07 Å². The van der Waals surface area contributed by atoms with Gasteiger partial charge < -0.3 is 15.2 Å². The van der Waals surface area contributed by atoms with Gasteiger partial charge in [0.25, 0.3) is 5.56 Å². The van der Waals surface area contributed by atoms with Crippen LogP contribution in [0, 0.1) is 4.77 Å². The lowest BCUT2D eigenvalue weighted by molar-refractivity contribution is 0.238. The Morgan fingerprint density at radius 3 is 2.86 bits per heavy atom. The fraction of sp³-hybridized carbons (Fsp3) is 0.286. The third-order valence-electron chi connectivity index (χ3n) is 3.65. The smallest absolute Gasteiger partial charge is 0.256 e. The zero-order chi connectivity index (χ0) is 15.0. The molecule has 110 valence electrons. The second-order valence-corrected chi connectivity index (χ2v) is 5.55. The van der Waals surface area contributed by atoms with Crippen molar-refractivity contribution in [1.82, 2.24) is 14.9 Å². The van der Waals surface area contributed by atoms with E-state index in [9.17, 15) is 15.0 Å². The Bertz CT molecular complexity index is 797. The fourth-order valence-electron chi connectivity index (χ4n) is 2.57. The second kappa shape index (κ2) is 5.34. The SMILES string of the molecule is O=c1[nH]c(=S)[nH]c2c1CN(Cc1ccc(O)cc1O)CC2. The van der Waals surface area contributed by atoms with Gasteiger partial charge >= 0.3 is 0 Å². The van der Waals surface area contributed by atoms with Gasteiger partial charge in [-0.2, -0.15) is 0 Å². The fourth-order valence-corrected chi connectivity index (χ4v) is 2.79. The van der Waals surface area contributed by atoms with Crippen molar-refractivity contribution in [3.8, 4) is 11.5 Å². The molecule has 0 aliphatic carbocycles. The summed E-state index contributed by atoms with van der Waals surface area (Å²) < 4.78 is 0.350. The molecule has 1 aliphatic rings. The summed E-state index contributed by atoms with van der Waals surface area (Å²) in [5, 5.41) is 19.1. The number of benzene rings is 1. The Morgan fingerprint density at radius 1 is 1.29 bits per heavy atom. The molecule has 1 aromatic carbocycles. The number of aromatic hydroxyl groups is 2. The summed E-state index contributed by atoms with van der Waals surface area (Å²) in [5.41, 5.74) is 2.13. The maximum Gasteiger partial charge on any atom is 0.256 e. The molecule has 21 heavy (non-hydrogen) atoms. The predicted octanol–water partition coefficient (Wildman–Crippen LogP) is 1.40. The highest BCUT2D eigenvalue weighted by Gasteiger charge is 2.20. The number of nitrogens with one attached hydrogen (secondary N) is 2. The minimum Gasteiger partial charge on any atom is -0.508 e. The maximum absolute atomic E-state index is 11.9. The van der Waals surface area contributed by atoms with Crippen LogP contribution in [0.5, 0.6) is 11.5 Å². The molecule has 2 aromatic rings. The van der Waals surface area contributed by atoms with Crippen LogP contribution in [0.25, 0.3) is 0 Å². The molecule has 0 atom stereocenters. The van der Waals surface area contributed by atoms with Gasteiger partial charge in [0.1, 0.15) is 11.5 Å². The lowest BCUT2D eigenvalue weighted by Gasteiger charge is -2.28. The van der Waals surface area contributed by atoms with Crippen LogP contribution in [0.2, 0.25) is 0 Å². The summed E-state index contributed by atoms with van der Waals surface area (Å²) in [6, 6.07) is 4.54. The van der Waals surface area contributed by atoms with E-state index >= 15 is 0 Å². The molecule has 1 aromatic heterocycles. The Morgan fingerprint density at radius 2 is 2.10 bits per heavy atom. The summed E-state index contributed by atoms with van der Waals surface area (Å²) in [6.45, 7) is 1.78. The first-order valence-corrected chi connectivity index (χ1v) is 7.01. The highest BCUT2D eigenvalue weighted by Crippen LogP contribution is 2.25. The minimum absolute atomic E-state index is 0.0317. The zero-order valence-electron chi connectivity index (χ0n) is 11.2. The van der Waals surface area contributed by atoms with E-state index in [1.165, 1.54) is 12.1 Å². The first-order chi connectivity index (χ1) is 10.0. The van der Waals surface area contributed by atoms with Gasteiger partial charge in [-0.1, -0.05) is 6.07 Å². The van der Waals surface area contributed by atoms with Crippen molar-refractivity contribution in [2.45, 2.75) is 19.5 Å². The molecule has 6 nitrogen and oxygen atoms in total. The second-order valence-electron chi connectivity index (χ2n) is 5.14. The molecule has 3 rings (SSSR count). The van der Waals surface area contributed by atoms with Gasteiger partial charge in [0.05, 0.1) is 5.56 Å². The number of rotatable bonds is 2. The van der Waals surface area contributed by atoms with Gasteiger partial charge in [-0.05, 0) is 18.3 Å². The lowest BCUT2D eigenvalue weighted by atomic mass is 10.1. The van der Waals surface area contributed by atoms with Crippen LogP contribution in [0.15, 0.2) is 23.0 Å². The molecule has 0 unspecified atom stereocenters. The van der Waals surface area contributed by atoms with Gasteiger partial charge in [-0.25, -0.2) is 0 Å². The molecule has 2 heterocycles. The molecule has 0 spiro atoms. The minimum atomic E-state index is -0.159.